The van der Waals surface area contributed by atoms with Gasteiger partial charge in [0.05, 0.1) is 25.9 Å². The van der Waals surface area contributed by atoms with E-state index >= 15 is 0 Å². The minimum atomic E-state index is -0.0824. The van der Waals surface area contributed by atoms with Gasteiger partial charge in [0.2, 0.25) is 0 Å². The third-order valence-electron chi connectivity index (χ3n) is 4.59. The molecule has 27 heavy (non-hydrogen) atoms. The summed E-state index contributed by atoms with van der Waals surface area (Å²) in [4.78, 5) is 18.9. The molecule has 1 aliphatic rings. The van der Waals surface area contributed by atoms with E-state index < -0.39 is 0 Å². The Kier molecular flexibility index (Phi) is 5.18. The highest BCUT2D eigenvalue weighted by Crippen LogP contribution is 2.20. The molecule has 4 rings (SSSR count). The van der Waals surface area contributed by atoms with Gasteiger partial charge in [-0.25, -0.2) is 4.98 Å². The van der Waals surface area contributed by atoms with Crippen LogP contribution >= 0.6 is 0 Å². The summed E-state index contributed by atoms with van der Waals surface area (Å²) in [6.07, 6.45) is 0.540. The predicted molar refractivity (Wildman–Crippen MR) is 101 cm³/mol. The molecule has 2 heterocycles. The van der Waals surface area contributed by atoms with Crippen molar-refractivity contribution in [2.24, 2.45) is 0 Å². The van der Waals surface area contributed by atoms with Crippen LogP contribution in [0.4, 0.5) is 0 Å². The van der Waals surface area contributed by atoms with Crippen LogP contribution in [0.15, 0.2) is 52.9 Å². The van der Waals surface area contributed by atoms with Crippen molar-refractivity contribution in [2.75, 3.05) is 33.4 Å². The molecule has 1 aliphatic heterocycles. The second-order valence-corrected chi connectivity index (χ2v) is 6.71. The fourth-order valence-corrected chi connectivity index (χ4v) is 3.21. The molecular formula is C21H22N2O4. The van der Waals surface area contributed by atoms with Gasteiger partial charge in [-0.2, -0.15) is 0 Å². The molecule has 0 saturated carbocycles. The maximum absolute atomic E-state index is 12.7. The zero-order valence-corrected chi connectivity index (χ0v) is 15.3. The number of oxazole rings is 1. The van der Waals surface area contributed by atoms with E-state index in [1.807, 2.05) is 30.3 Å². The molecule has 0 radical (unpaired) electrons. The number of benzene rings is 2. The van der Waals surface area contributed by atoms with Crippen molar-refractivity contribution < 1.29 is 18.7 Å². The fourth-order valence-electron chi connectivity index (χ4n) is 3.21. The number of amides is 1. The smallest absolute Gasteiger partial charge is 0.253 e. The van der Waals surface area contributed by atoms with Gasteiger partial charge in [-0.3, -0.25) is 4.79 Å². The molecule has 0 N–H and O–H groups in total. The van der Waals surface area contributed by atoms with Crippen LogP contribution in [-0.2, 0) is 15.9 Å². The number of fused-ring (bicyclic) bond motifs is 1. The summed E-state index contributed by atoms with van der Waals surface area (Å²) in [5, 5.41) is 0. The number of carbonyl (C=O) groups excluding carboxylic acids is 1. The van der Waals surface area contributed by atoms with Crippen molar-refractivity contribution in [1.82, 2.24) is 9.88 Å². The van der Waals surface area contributed by atoms with Gasteiger partial charge in [-0.05, 0) is 23.8 Å². The monoisotopic (exact) mass is 366 g/mol. The normalized spacial score (nSPS) is 17.1. The van der Waals surface area contributed by atoms with E-state index in [9.17, 15) is 4.79 Å². The Bertz CT molecular complexity index is 916. The molecule has 1 saturated heterocycles. The lowest BCUT2D eigenvalue weighted by atomic mass is 10.1. The number of hydrogen-bond acceptors (Lipinski definition) is 5. The van der Waals surface area contributed by atoms with Crippen LogP contribution in [0.25, 0.3) is 11.1 Å². The van der Waals surface area contributed by atoms with Crippen LogP contribution in [-0.4, -0.2) is 55.3 Å². The standard InChI is InChI=1S/C21H22N2O4/c1-23(13-17-14-25-9-10-26-17)21(24)16-7-8-19-18(12-16)22-20(27-19)11-15-5-3-2-4-6-15/h2-8,12,17H,9-11,13-14H2,1H3/t17-/m0/s1. The predicted octanol–water partition coefficient (Wildman–Crippen LogP) is 2.91. The molecule has 3 aromatic rings. The number of ether oxygens (including phenoxy) is 2. The number of rotatable bonds is 5. The third kappa shape index (κ3) is 4.18. The summed E-state index contributed by atoms with van der Waals surface area (Å²) in [5.74, 6) is 0.570. The summed E-state index contributed by atoms with van der Waals surface area (Å²) < 4.78 is 16.8. The molecule has 1 fully saturated rings. The number of hydrogen-bond donors (Lipinski definition) is 0. The van der Waals surface area contributed by atoms with Crippen molar-refractivity contribution in [2.45, 2.75) is 12.5 Å². The van der Waals surface area contributed by atoms with Crippen LogP contribution in [0.1, 0.15) is 21.8 Å². The van der Waals surface area contributed by atoms with Gasteiger partial charge >= 0.3 is 0 Å². The van der Waals surface area contributed by atoms with E-state index in [0.29, 0.717) is 55.3 Å². The molecule has 1 atom stereocenters. The van der Waals surface area contributed by atoms with E-state index in [1.54, 1.807) is 30.1 Å². The Morgan fingerprint density at radius 1 is 1.19 bits per heavy atom. The van der Waals surface area contributed by atoms with E-state index in [4.69, 9.17) is 13.9 Å². The van der Waals surface area contributed by atoms with Gasteiger partial charge in [-0.15, -0.1) is 0 Å². The minimum Gasteiger partial charge on any atom is -0.440 e. The summed E-state index contributed by atoms with van der Waals surface area (Å²) >= 11 is 0. The third-order valence-corrected chi connectivity index (χ3v) is 4.59. The van der Waals surface area contributed by atoms with E-state index in [-0.39, 0.29) is 12.0 Å². The van der Waals surface area contributed by atoms with Crippen molar-refractivity contribution in [3.05, 3.63) is 65.5 Å². The molecular weight excluding hydrogens is 344 g/mol. The maximum atomic E-state index is 12.7. The SMILES string of the molecule is CN(C[C@H]1COCCO1)C(=O)c1ccc2oc(Cc3ccccc3)nc2c1. The Balaban J connectivity index is 1.48. The molecule has 0 bridgehead atoms. The average molecular weight is 366 g/mol. The lowest BCUT2D eigenvalue weighted by Gasteiger charge is -2.27. The first-order chi connectivity index (χ1) is 13.2. The first-order valence-corrected chi connectivity index (χ1v) is 9.07. The highest BCUT2D eigenvalue weighted by Gasteiger charge is 2.21. The van der Waals surface area contributed by atoms with Crippen LogP contribution in [0.3, 0.4) is 0 Å². The van der Waals surface area contributed by atoms with Gasteiger partial charge in [0.15, 0.2) is 11.5 Å². The topological polar surface area (TPSA) is 64.8 Å². The van der Waals surface area contributed by atoms with E-state index in [0.717, 1.165) is 5.56 Å². The molecule has 1 amide bonds. The Hall–Kier alpha value is -2.70. The second-order valence-electron chi connectivity index (χ2n) is 6.71. The molecule has 2 aromatic carbocycles. The highest BCUT2D eigenvalue weighted by molar-refractivity contribution is 5.97. The first-order valence-electron chi connectivity index (χ1n) is 9.07. The van der Waals surface area contributed by atoms with Crippen molar-refractivity contribution >= 4 is 17.0 Å². The molecule has 1 aromatic heterocycles. The Labute approximate surface area is 157 Å². The Morgan fingerprint density at radius 2 is 2.04 bits per heavy atom. The van der Waals surface area contributed by atoms with Gasteiger partial charge < -0.3 is 18.8 Å². The first kappa shape index (κ1) is 17.7. The van der Waals surface area contributed by atoms with Crippen molar-refractivity contribution in [3.63, 3.8) is 0 Å². The van der Waals surface area contributed by atoms with E-state index in [1.165, 1.54) is 0 Å². The van der Waals surface area contributed by atoms with Crippen molar-refractivity contribution in [3.8, 4) is 0 Å². The van der Waals surface area contributed by atoms with Crippen molar-refractivity contribution in [1.29, 1.82) is 0 Å². The molecule has 0 unspecified atom stereocenters. The zero-order chi connectivity index (χ0) is 18.6. The van der Waals surface area contributed by atoms with Gasteiger partial charge in [0, 0.05) is 25.6 Å². The largest absolute Gasteiger partial charge is 0.440 e. The van der Waals surface area contributed by atoms with Crippen LogP contribution in [0.2, 0.25) is 0 Å². The number of likely N-dealkylation sites (N-methyl/N-ethyl adjacent to an activating group) is 1. The summed E-state index contributed by atoms with van der Waals surface area (Å²) in [6.45, 7) is 2.20. The van der Waals surface area contributed by atoms with Crippen LogP contribution in [0, 0.1) is 0 Å². The average Bonchev–Trinajstić information content (AvgIpc) is 3.10. The lowest BCUT2D eigenvalue weighted by molar-refractivity contribution is -0.0933. The quantitative estimate of drug-likeness (QED) is 0.695. The molecule has 140 valence electrons. The fraction of sp³-hybridized carbons (Fsp3) is 0.333. The Morgan fingerprint density at radius 3 is 2.81 bits per heavy atom. The molecule has 6 heteroatoms. The molecule has 0 spiro atoms. The van der Waals surface area contributed by atoms with Gasteiger partial charge in [0.1, 0.15) is 5.52 Å². The van der Waals surface area contributed by atoms with Crippen LogP contribution < -0.4 is 0 Å². The summed E-state index contributed by atoms with van der Waals surface area (Å²) in [6, 6.07) is 15.4. The second kappa shape index (κ2) is 7.90. The number of carbonyl (C=O) groups is 1. The molecule has 0 aliphatic carbocycles. The zero-order valence-electron chi connectivity index (χ0n) is 15.3. The molecule has 6 nitrogen and oxygen atoms in total. The minimum absolute atomic E-state index is 0.0707. The highest BCUT2D eigenvalue weighted by atomic mass is 16.6. The van der Waals surface area contributed by atoms with Gasteiger partial charge in [-0.1, -0.05) is 30.3 Å². The maximum Gasteiger partial charge on any atom is 0.253 e. The number of nitrogens with zero attached hydrogens (tertiary/aromatic N) is 2. The van der Waals surface area contributed by atoms with E-state index in [2.05, 4.69) is 4.98 Å². The lowest BCUT2D eigenvalue weighted by Crippen LogP contribution is -2.40. The summed E-state index contributed by atoms with van der Waals surface area (Å²) in [7, 11) is 1.77. The van der Waals surface area contributed by atoms with Crippen LogP contribution in [0.5, 0.6) is 0 Å². The number of aromatic nitrogens is 1. The summed E-state index contributed by atoms with van der Waals surface area (Å²) in [5.41, 5.74) is 3.10. The van der Waals surface area contributed by atoms with Gasteiger partial charge in [0.25, 0.3) is 5.91 Å².